The van der Waals surface area contributed by atoms with E-state index in [0.717, 1.165) is 19.4 Å². The second-order valence-electron chi connectivity index (χ2n) is 4.86. The first-order chi connectivity index (χ1) is 7.61. The van der Waals surface area contributed by atoms with E-state index in [-0.39, 0.29) is 0 Å². The van der Waals surface area contributed by atoms with Gasteiger partial charge in [0.25, 0.3) is 0 Å². The minimum Gasteiger partial charge on any atom is -0.381 e. The van der Waals surface area contributed by atoms with Gasteiger partial charge in [-0.3, -0.25) is 0 Å². The summed E-state index contributed by atoms with van der Waals surface area (Å²) in [6, 6.07) is 2.92. The van der Waals surface area contributed by atoms with Crippen molar-refractivity contribution in [2.75, 3.05) is 7.11 Å². The molecule has 1 saturated carbocycles. The summed E-state index contributed by atoms with van der Waals surface area (Å²) in [7, 11) is 3.92. The van der Waals surface area contributed by atoms with Gasteiger partial charge in [0.15, 0.2) is 0 Å². The van der Waals surface area contributed by atoms with Gasteiger partial charge in [-0.2, -0.15) is 0 Å². The molecule has 0 unspecified atom stereocenters. The zero-order chi connectivity index (χ0) is 11.7. The van der Waals surface area contributed by atoms with E-state index in [1.165, 1.54) is 17.0 Å². The number of aromatic nitrogens is 1. The van der Waals surface area contributed by atoms with Gasteiger partial charge in [-0.05, 0) is 38.3 Å². The third-order valence-electron chi connectivity index (χ3n) is 3.89. The average Bonchev–Trinajstić information content (AvgIpc) is 2.44. The lowest BCUT2D eigenvalue weighted by molar-refractivity contribution is 0.0170. The summed E-state index contributed by atoms with van der Waals surface area (Å²) in [5, 5.41) is 3.59. The molecule has 1 aromatic heterocycles. The van der Waals surface area contributed by atoms with Gasteiger partial charge in [-0.15, -0.1) is 0 Å². The lowest BCUT2D eigenvalue weighted by atomic mass is 9.89. The van der Waals surface area contributed by atoms with Crippen LogP contribution >= 0.6 is 0 Å². The summed E-state index contributed by atoms with van der Waals surface area (Å²) in [5.74, 6) is 0. The molecular weight excluding hydrogens is 200 g/mol. The van der Waals surface area contributed by atoms with Crippen molar-refractivity contribution in [1.29, 1.82) is 0 Å². The minimum absolute atomic E-state index is 0.483. The van der Waals surface area contributed by atoms with Crippen molar-refractivity contribution in [3.63, 3.8) is 0 Å². The van der Waals surface area contributed by atoms with Gasteiger partial charge in [-0.25, -0.2) is 0 Å². The van der Waals surface area contributed by atoms with Crippen LogP contribution in [0.25, 0.3) is 0 Å². The largest absolute Gasteiger partial charge is 0.381 e. The van der Waals surface area contributed by atoms with E-state index in [1.807, 2.05) is 0 Å². The molecule has 1 aromatic rings. The molecule has 0 amide bonds. The van der Waals surface area contributed by atoms with E-state index >= 15 is 0 Å². The first-order valence-corrected chi connectivity index (χ1v) is 5.99. The van der Waals surface area contributed by atoms with Gasteiger partial charge in [-0.1, -0.05) is 0 Å². The number of hydrogen-bond acceptors (Lipinski definition) is 2. The van der Waals surface area contributed by atoms with Crippen LogP contribution in [0.2, 0.25) is 0 Å². The second-order valence-corrected chi connectivity index (χ2v) is 4.86. The molecule has 1 aliphatic carbocycles. The van der Waals surface area contributed by atoms with Crippen LogP contribution in [0.1, 0.15) is 29.8 Å². The Bertz CT molecular complexity index is 364. The van der Waals surface area contributed by atoms with Crippen LogP contribution in [-0.2, 0) is 18.3 Å². The van der Waals surface area contributed by atoms with E-state index in [0.29, 0.717) is 12.1 Å². The first kappa shape index (κ1) is 11.7. The topological polar surface area (TPSA) is 26.2 Å². The highest BCUT2D eigenvalue weighted by atomic mass is 16.5. The fourth-order valence-electron chi connectivity index (χ4n) is 2.29. The van der Waals surface area contributed by atoms with Crippen LogP contribution in [0.15, 0.2) is 6.07 Å². The number of ether oxygens (including phenoxy) is 1. The quantitative estimate of drug-likeness (QED) is 0.842. The molecule has 2 rings (SSSR count). The number of rotatable bonds is 4. The second kappa shape index (κ2) is 4.60. The number of hydrogen-bond donors (Lipinski definition) is 1. The Hall–Kier alpha value is -0.800. The molecular formula is C13H22N2O. The van der Waals surface area contributed by atoms with Gasteiger partial charge in [0.05, 0.1) is 6.10 Å². The number of aryl methyl sites for hydroxylation is 1. The molecule has 16 heavy (non-hydrogen) atoms. The Balaban J connectivity index is 1.84. The van der Waals surface area contributed by atoms with Crippen molar-refractivity contribution in [2.45, 2.75) is 45.4 Å². The summed E-state index contributed by atoms with van der Waals surface area (Å²) in [5.41, 5.74) is 4.12. The highest BCUT2D eigenvalue weighted by Crippen LogP contribution is 2.23. The fourth-order valence-corrected chi connectivity index (χ4v) is 2.29. The maximum Gasteiger partial charge on any atom is 0.0601 e. The Morgan fingerprint density at radius 2 is 2.12 bits per heavy atom. The van der Waals surface area contributed by atoms with Gasteiger partial charge in [0.1, 0.15) is 0 Å². The molecule has 3 heteroatoms. The normalized spacial score (nSPS) is 24.5. The van der Waals surface area contributed by atoms with Gasteiger partial charge >= 0.3 is 0 Å². The minimum atomic E-state index is 0.483. The molecule has 0 saturated heterocycles. The van der Waals surface area contributed by atoms with Crippen LogP contribution in [0.5, 0.6) is 0 Å². The monoisotopic (exact) mass is 222 g/mol. The molecule has 3 nitrogen and oxygen atoms in total. The molecule has 1 N–H and O–H groups in total. The van der Waals surface area contributed by atoms with E-state index in [2.05, 4.69) is 36.8 Å². The molecule has 1 heterocycles. The summed E-state index contributed by atoms with van der Waals surface area (Å²) >= 11 is 0. The molecule has 0 bridgehead atoms. The maximum atomic E-state index is 5.27. The summed E-state index contributed by atoms with van der Waals surface area (Å²) in [6.45, 7) is 5.32. The molecule has 0 aromatic carbocycles. The molecule has 90 valence electrons. The van der Waals surface area contributed by atoms with Crippen molar-refractivity contribution in [3.8, 4) is 0 Å². The molecule has 0 spiro atoms. The number of nitrogens with one attached hydrogen (secondary N) is 1. The smallest absolute Gasteiger partial charge is 0.0601 e. The molecule has 1 aliphatic rings. The maximum absolute atomic E-state index is 5.27. The lowest BCUT2D eigenvalue weighted by Crippen LogP contribution is -2.44. The zero-order valence-electron chi connectivity index (χ0n) is 10.7. The van der Waals surface area contributed by atoms with E-state index in [4.69, 9.17) is 4.74 Å². The summed E-state index contributed by atoms with van der Waals surface area (Å²) < 4.78 is 7.52. The van der Waals surface area contributed by atoms with Crippen LogP contribution in [0.4, 0.5) is 0 Å². The molecule has 0 atom stereocenters. The lowest BCUT2D eigenvalue weighted by Gasteiger charge is -2.34. The van der Waals surface area contributed by atoms with Crippen molar-refractivity contribution >= 4 is 0 Å². The SMILES string of the molecule is COC1CC(NCc2cc(C)n(C)c2C)C1. The average molecular weight is 222 g/mol. The summed E-state index contributed by atoms with van der Waals surface area (Å²) in [6.07, 6.45) is 2.79. The highest BCUT2D eigenvalue weighted by Gasteiger charge is 2.28. The van der Waals surface area contributed by atoms with E-state index < -0.39 is 0 Å². The third kappa shape index (κ3) is 2.15. The predicted octanol–water partition coefficient (Wildman–Crippen LogP) is 1.91. The Kier molecular flexibility index (Phi) is 3.36. The van der Waals surface area contributed by atoms with E-state index in [1.54, 1.807) is 7.11 Å². The van der Waals surface area contributed by atoms with Crippen molar-refractivity contribution < 1.29 is 4.74 Å². The first-order valence-electron chi connectivity index (χ1n) is 5.99. The van der Waals surface area contributed by atoms with Crippen LogP contribution in [-0.4, -0.2) is 23.8 Å². The van der Waals surface area contributed by atoms with Crippen molar-refractivity contribution in [1.82, 2.24) is 9.88 Å². The zero-order valence-corrected chi connectivity index (χ0v) is 10.7. The Morgan fingerprint density at radius 3 is 2.62 bits per heavy atom. The Morgan fingerprint density at radius 1 is 1.44 bits per heavy atom. The molecule has 0 radical (unpaired) electrons. The van der Waals surface area contributed by atoms with Crippen LogP contribution in [0.3, 0.4) is 0 Å². The molecule has 0 aliphatic heterocycles. The third-order valence-corrected chi connectivity index (χ3v) is 3.89. The number of nitrogens with zero attached hydrogens (tertiary/aromatic N) is 1. The predicted molar refractivity (Wildman–Crippen MR) is 65.5 cm³/mol. The molecule has 1 fully saturated rings. The number of methoxy groups -OCH3 is 1. The van der Waals surface area contributed by atoms with E-state index in [9.17, 15) is 0 Å². The van der Waals surface area contributed by atoms with Crippen LogP contribution in [0, 0.1) is 13.8 Å². The van der Waals surface area contributed by atoms with Gasteiger partial charge in [0, 0.05) is 38.1 Å². The highest BCUT2D eigenvalue weighted by molar-refractivity contribution is 5.26. The van der Waals surface area contributed by atoms with Gasteiger partial charge in [0.2, 0.25) is 0 Å². The Labute approximate surface area is 97.8 Å². The fraction of sp³-hybridized carbons (Fsp3) is 0.692. The summed E-state index contributed by atoms with van der Waals surface area (Å²) in [4.78, 5) is 0. The standard InChI is InChI=1S/C13H22N2O/c1-9-5-11(10(2)15(9)3)8-14-12-6-13(7-12)16-4/h5,12-14H,6-8H2,1-4H3. The van der Waals surface area contributed by atoms with Crippen LogP contribution < -0.4 is 5.32 Å². The van der Waals surface area contributed by atoms with Crippen molar-refractivity contribution in [2.24, 2.45) is 7.05 Å². The van der Waals surface area contributed by atoms with Crippen molar-refractivity contribution in [3.05, 3.63) is 23.0 Å². The van der Waals surface area contributed by atoms with Gasteiger partial charge < -0.3 is 14.6 Å².